The summed E-state index contributed by atoms with van der Waals surface area (Å²) in [4.78, 5) is 2.16. The highest BCUT2D eigenvalue weighted by Crippen LogP contribution is 2.44. The van der Waals surface area contributed by atoms with Crippen molar-refractivity contribution in [3.63, 3.8) is 0 Å². The molecule has 0 spiro atoms. The molecule has 1 aliphatic rings. The lowest BCUT2D eigenvalue weighted by molar-refractivity contribution is 0.00620. The van der Waals surface area contributed by atoms with E-state index < -0.39 is 6.17 Å². The van der Waals surface area contributed by atoms with Crippen LogP contribution in [0.25, 0.3) is 0 Å². The highest BCUT2D eigenvalue weighted by Gasteiger charge is 2.40. The molecule has 0 radical (unpaired) electrons. The summed E-state index contributed by atoms with van der Waals surface area (Å²) in [5.74, 6) is 0.284. The molecule has 2 heteroatoms. The summed E-state index contributed by atoms with van der Waals surface area (Å²) in [7, 11) is 2.05. The van der Waals surface area contributed by atoms with E-state index in [1.807, 2.05) is 0 Å². The first-order chi connectivity index (χ1) is 10.0. The Balaban J connectivity index is 2.60. The molecule has 126 valence electrons. The van der Waals surface area contributed by atoms with Crippen LogP contribution in [0.1, 0.15) is 85.0 Å². The Morgan fingerprint density at radius 2 is 1.57 bits per heavy atom. The molecular formula is C19H38FN. The van der Waals surface area contributed by atoms with E-state index in [-0.39, 0.29) is 11.3 Å². The monoisotopic (exact) mass is 299 g/mol. The van der Waals surface area contributed by atoms with Crippen molar-refractivity contribution in [3.05, 3.63) is 0 Å². The SMILES string of the molecule is CCCCCCC(C)(CCCCC)C1CCN(C)CC1F. The quantitative estimate of drug-likeness (QED) is 0.458. The molecular weight excluding hydrogens is 261 g/mol. The van der Waals surface area contributed by atoms with E-state index in [9.17, 15) is 4.39 Å². The van der Waals surface area contributed by atoms with E-state index >= 15 is 0 Å². The predicted octanol–water partition coefficient (Wildman–Crippen LogP) is 5.83. The predicted molar refractivity (Wildman–Crippen MR) is 91.5 cm³/mol. The third kappa shape index (κ3) is 6.26. The zero-order valence-electron chi connectivity index (χ0n) is 15.0. The molecule has 3 atom stereocenters. The normalized spacial score (nSPS) is 26.7. The van der Waals surface area contributed by atoms with Crippen LogP contribution >= 0.6 is 0 Å². The van der Waals surface area contributed by atoms with Crippen molar-refractivity contribution >= 4 is 0 Å². The van der Waals surface area contributed by atoms with E-state index in [4.69, 9.17) is 0 Å². The van der Waals surface area contributed by atoms with Gasteiger partial charge in [-0.1, -0.05) is 65.7 Å². The van der Waals surface area contributed by atoms with Crippen LogP contribution in [0.4, 0.5) is 4.39 Å². The minimum absolute atomic E-state index is 0.226. The van der Waals surface area contributed by atoms with Crippen LogP contribution in [0.15, 0.2) is 0 Å². The van der Waals surface area contributed by atoms with Crippen molar-refractivity contribution in [1.29, 1.82) is 0 Å². The topological polar surface area (TPSA) is 3.24 Å². The molecule has 0 aromatic heterocycles. The van der Waals surface area contributed by atoms with Gasteiger partial charge in [-0.25, -0.2) is 4.39 Å². The number of alkyl halides is 1. The van der Waals surface area contributed by atoms with Crippen LogP contribution in [0.5, 0.6) is 0 Å². The van der Waals surface area contributed by atoms with Crippen molar-refractivity contribution in [2.75, 3.05) is 20.1 Å². The fraction of sp³-hybridized carbons (Fsp3) is 1.00. The molecule has 1 heterocycles. The number of rotatable bonds is 10. The molecule has 0 aromatic rings. The second kappa shape index (κ2) is 9.82. The van der Waals surface area contributed by atoms with Crippen LogP contribution in [0, 0.1) is 11.3 Å². The van der Waals surface area contributed by atoms with Crippen molar-refractivity contribution in [1.82, 2.24) is 4.90 Å². The Bertz CT molecular complexity index is 268. The van der Waals surface area contributed by atoms with Gasteiger partial charge in [0.15, 0.2) is 0 Å². The van der Waals surface area contributed by atoms with Gasteiger partial charge in [0.25, 0.3) is 0 Å². The maximum Gasteiger partial charge on any atom is 0.116 e. The van der Waals surface area contributed by atoms with Gasteiger partial charge in [-0.05, 0) is 44.2 Å². The van der Waals surface area contributed by atoms with Gasteiger partial charge in [0.2, 0.25) is 0 Å². The summed E-state index contributed by atoms with van der Waals surface area (Å²) in [5, 5.41) is 0. The third-order valence-electron chi connectivity index (χ3n) is 5.59. The van der Waals surface area contributed by atoms with E-state index in [1.54, 1.807) is 0 Å². The highest BCUT2D eigenvalue weighted by molar-refractivity contribution is 4.91. The van der Waals surface area contributed by atoms with Crippen LogP contribution in [-0.2, 0) is 0 Å². The Morgan fingerprint density at radius 1 is 1.00 bits per heavy atom. The van der Waals surface area contributed by atoms with E-state index in [0.717, 1.165) is 13.0 Å². The van der Waals surface area contributed by atoms with E-state index in [0.29, 0.717) is 6.54 Å². The van der Waals surface area contributed by atoms with Crippen LogP contribution in [0.2, 0.25) is 0 Å². The summed E-state index contributed by atoms with van der Waals surface area (Å²) >= 11 is 0. The average molecular weight is 300 g/mol. The molecule has 1 nitrogen and oxygen atoms in total. The number of nitrogens with zero attached hydrogens (tertiary/aromatic N) is 1. The van der Waals surface area contributed by atoms with Gasteiger partial charge in [0, 0.05) is 6.54 Å². The Kier molecular flexibility index (Phi) is 8.85. The summed E-state index contributed by atoms with van der Waals surface area (Å²) in [5.41, 5.74) is 0.226. The molecule has 1 aliphatic heterocycles. The molecule has 0 bridgehead atoms. The average Bonchev–Trinajstić information content (AvgIpc) is 2.44. The van der Waals surface area contributed by atoms with Gasteiger partial charge in [-0.3, -0.25) is 0 Å². The summed E-state index contributed by atoms with van der Waals surface area (Å²) in [6.45, 7) is 8.62. The highest BCUT2D eigenvalue weighted by atomic mass is 19.1. The van der Waals surface area contributed by atoms with Gasteiger partial charge in [-0.15, -0.1) is 0 Å². The molecule has 0 amide bonds. The number of likely N-dealkylation sites (tertiary alicyclic amines) is 1. The number of hydrogen-bond donors (Lipinski definition) is 0. The second-order valence-electron chi connectivity index (χ2n) is 7.60. The first-order valence-electron chi connectivity index (χ1n) is 9.36. The largest absolute Gasteiger partial charge is 0.303 e. The van der Waals surface area contributed by atoms with Crippen LogP contribution < -0.4 is 0 Å². The van der Waals surface area contributed by atoms with Gasteiger partial charge in [-0.2, -0.15) is 0 Å². The standard InChI is InChI=1S/C19H38FN/c1-5-7-9-11-14-19(3,13-10-8-6-2)17-12-15-21(4)16-18(17)20/h17-18H,5-16H2,1-4H3. The molecule has 0 aliphatic carbocycles. The van der Waals surface area contributed by atoms with Crippen molar-refractivity contribution in [3.8, 4) is 0 Å². The zero-order chi connectivity index (χ0) is 15.7. The number of piperidine rings is 1. The van der Waals surface area contributed by atoms with Gasteiger partial charge in [0.1, 0.15) is 6.17 Å². The van der Waals surface area contributed by atoms with Crippen LogP contribution in [-0.4, -0.2) is 31.2 Å². The van der Waals surface area contributed by atoms with Crippen molar-refractivity contribution in [2.45, 2.75) is 91.2 Å². The first-order valence-corrected chi connectivity index (χ1v) is 9.36. The second-order valence-corrected chi connectivity index (χ2v) is 7.60. The lowest BCUT2D eigenvalue weighted by atomic mass is 9.66. The smallest absolute Gasteiger partial charge is 0.116 e. The molecule has 0 saturated carbocycles. The summed E-state index contributed by atoms with van der Waals surface area (Å²) < 4.78 is 14.6. The summed E-state index contributed by atoms with van der Waals surface area (Å²) in [6.07, 6.45) is 11.9. The molecule has 1 saturated heterocycles. The minimum Gasteiger partial charge on any atom is -0.303 e. The molecule has 0 aromatic carbocycles. The molecule has 1 fully saturated rings. The molecule has 1 rings (SSSR count). The molecule has 0 N–H and O–H groups in total. The number of halogens is 1. The maximum absolute atomic E-state index is 14.6. The Hall–Kier alpha value is -0.110. The fourth-order valence-electron chi connectivity index (χ4n) is 4.07. The molecule has 21 heavy (non-hydrogen) atoms. The van der Waals surface area contributed by atoms with E-state index in [2.05, 4.69) is 32.7 Å². The molecule has 3 unspecified atom stereocenters. The number of hydrogen-bond acceptors (Lipinski definition) is 1. The lowest BCUT2D eigenvalue weighted by Gasteiger charge is -2.44. The minimum atomic E-state index is -0.624. The van der Waals surface area contributed by atoms with Crippen LogP contribution in [0.3, 0.4) is 0 Å². The number of unbranched alkanes of at least 4 members (excludes halogenated alkanes) is 5. The Labute approximate surface area is 132 Å². The van der Waals surface area contributed by atoms with Crippen molar-refractivity contribution < 1.29 is 4.39 Å². The van der Waals surface area contributed by atoms with Crippen molar-refractivity contribution in [2.24, 2.45) is 11.3 Å². The maximum atomic E-state index is 14.6. The first kappa shape index (κ1) is 18.9. The fourth-order valence-corrected chi connectivity index (χ4v) is 4.07. The lowest BCUT2D eigenvalue weighted by Crippen LogP contribution is -2.46. The third-order valence-corrected chi connectivity index (χ3v) is 5.59. The van der Waals surface area contributed by atoms with Gasteiger partial charge in [0.05, 0.1) is 0 Å². The zero-order valence-corrected chi connectivity index (χ0v) is 15.0. The van der Waals surface area contributed by atoms with E-state index in [1.165, 1.54) is 57.8 Å². The van der Waals surface area contributed by atoms with Gasteiger partial charge < -0.3 is 4.90 Å². The Morgan fingerprint density at radius 3 is 2.14 bits per heavy atom. The van der Waals surface area contributed by atoms with Gasteiger partial charge >= 0.3 is 0 Å². The summed E-state index contributed by atoms with van der Waals surface area (Å²) in [6, 6.07) is 0.